The van der Waals surface area contributed by atoms with Gasteiger partial charge in [-0.2, -0.15) is 0 Å². The van der Waals surface area contributed by atoms with Gasteiger partial charge < -0.3 is 11.1 Å². The van der Waals surface area contributed by atoms with Crippen LogP contribution in [0, 0.1) is 19.8 Å². The lowest BCUT2D eigenvalue weighted by Gasteiger charge is -2.10. The SMILES string of the molecule is Cc1ccc([C@@H]2C[C@H]2C(=O)Nc2cccc(C(N)=O)c2C)s1. The molecule has 114 valence electrons. The maximum atomic E-state index is 12.4. The van der Waals surface area contributed by atoms with Gasteiger partial charge in [0.15, 0.2) is 0 Å². The highest BCUT2D eigenvalue weighted by Gasteiger charge is 2.44. The Morgan fingerprint density at radius 2 is 2.00 bits per heavy atom. The maximum Gasteiger partial charge on any atom is 0.249 e. The number of benzene rings is 1. The summed E-state index contributed by atoms with van der Waals surface area (Å²) < 4.78 is 0. The van der Waals surface area contributed by atoms with E-state index in [1.54, 1.807) is 36.5 Å². The minimum absolute atomic E-state index is 0.0146. The molecule has 22 heavy (non-hydrogen) atoms. The molecule has 0 saturated heterocycles. The van der Waals surface area contributed by atoms with E-state index in [-0.39, 0.29) is 11.8 Å². The van der Waals surface area contributed by atoms with Crippen LogP contribution in [0.5, 0.6) is 0 Å². The number of nitrogens with two attached hydrogens (primary N) is 1. The number of primary amides is 1. The standard InChI is InChI=1S/C17H18N2O2S/c1-9-6-7-15(22-9)12-8-13(12)17(21)19-14-5-3-4-11(10(14)2)16(18)20/h3-7,12-13H,8H2,1-2H3,(H2,18,20)(H,19,21)/t12-,13-/m1/s1. The molecule has 0 bridgehead atoms. The first-order valence-corrected chi connectivity index (χ1v) is 8.05. The van der Waals surface area contributed by atoms with Gasteiger partial charge in [-0.15, -0.1) is 11.3 Å². The Balaban J connectivity index is 1.71. The van der Waals surface area contributed by atoms with Gasteiger partial charge in [0, 0.05) is 32.8 Å². The normalized spacial score (nSPS) is 19.7. The van der Waals surface area contributed by atoms with E-state index in [1.165, 1.54) is 9.75 Å². The average molecular weight is 314 g/mol. The van der Waals surface area contributed by atoms with Gasteiger partial charge in [0.2, 0.25) is 11.8 Å². The highest BCUT2D eigenvalue weighted by molar-refractivity contribution is 7.12. The van der Waals surface area contributed by atoms with Crippen molar-refractivity contribution in [3.05, 3.63) is 51.2 Å². The smallest absolute Gasteiger partial charge is 0.249 e. The van der Waals surface area contributed by atoms with Crippen LogP contribution in [0.2, 0.25) is 0 Å². The number of aryl methyl sites for hydroxylation is 1. The third-order valence-corrected chi connectivity index (χ3v) is 5.24. The van der Waals surface area contributed by atoms with Crippen molar-refractivity contribution in [2.45, 2.75) is 26.2 Å². The van der Waals surface area contributed by atoms with E-state index in [9.17, 15) is 9.59 Å². The third kappa shape index (κ3) is 2.76. The first-order chi connectivity index (χ1) is 10.5. The predicted octanol–water partition coefficient (Wildman–Crippen LogP) is 3.21. The maximum absolute atomic E-state index is 12.4. The van der Waals surface area contributed by atoms with Crippen molar-refractivity contribution >= 4 is 28.8 Å². The summed E-state index contributed by atoms with van der Waals surface area (Å²) in [4.78, 5) is 26.3. The molecule has 1 heterocycles. The molecule has 0 unspecified atom stereocenters. The number of rotatable bonds is 4. The molecule has 0 aliphatic heterocycles. The van der Waals surface area contributed by atoms with Gasteiger partial charge in [-0.25, -0.2) is 0 Å². The molecule has 3 N–H and O–H groups in total. The summed E-state index contributed by atoms with van der Waals surface area (Å²) in [6.45, 7) is 3.87. The third-order valence-electron chi connectivity index (χ3n) is 4.11. The second kappa shape index (κ2) is 5.57. The molecule has 3 rings (SSSR count). The number of carbonyl (C=O) groups is 2. The molecule has 1 fully saturated rings. The quantitative estimate of drug-likeness (QED) is 0.909. The lowest BCUT2D eigenvalue weighted by atomic mass is 10.1. The summed E-state index contributed by atoms with van der Waals surface area (Å²) in [6.07, 6.45) is 0.889. The number of thiophene rings is 1. The van der Waals surface area contributed by atoms with Crippen LogP contribution in [0.4, 0.5) is 5.69 Å². The van der Waals surface area contributed by atoms with Crippen molar-refractivity contribution in [3.8, 4) is 0 Å². The zero-order chi connectivity index (χ0) is 15.9. The Bertz CT molecular complexity index is 751. The van der Waals surface area contributed by atoms with E-state index in [1.807, 2.05) is 0 Å². The largest absolute Gasteiger partial charge is 0.366 e. The zero-order valence-electron chi connectivity index (χ0n) is 12.6. The van der Waals surface area contributed by atoms with E-state index >= 15 is 0 Å². The van der Waals surface area contributed by atoms with Gasteiger partial charge in [0.25, 0.3) is 0 Å². The van der Waals surface area contributed by atoms with Crippen LogP contribution in [-0.4, -0.2) is 11.8 Å². The molecule has 1 aliphatic carbocycles. The summed E-state index contributed by atoms with van der Waals surface area (Å²) in [6, 6.07) is 9.40. The number of hydrogen-bond acceptors (Lipinski definition) is 3. The Morgan fingerprint density at radius 3 is 2.64 bits per heavy atom. The van der Waals surface area contributed by atoms with Crippen molar-refractivity contribution in [3.63, 3.8) is 0 Å². The number of anilines is 1. The average Bonchev–Trinajstić information content (AvgIpc) is 3.16. The van der Waals surface area contributed by atoms with Crippen molar-refractivity contribution in [2.75, 3.05) is 5.32 Å². The molecule has 2 amide bonds. The van der Waals surface area contributed by atoms with Gasteiger partial charge in [-0.3, -0.25) is 9.59 Å². The Labute approximate surface area is 133 Å². The minimum Gasteiger partial charge on any atom is -0.366 e. The fourth-order valence-electron chi connectivity index (χ4n) is 2.72. The van der Waals surface area contributed by atoms with Gasteiger partial charge in [-0.1, -0.05) is 6.07 Å². The lowest BCUT2D eigenvalue weighted by Crippen LogP contribution is -2.18. The number of amides is 2. The number of carbonyl (C=O) groups excluding carboxylic acids is 2. The summed E-state index contributed by atoms with van der Waals surface area (Å²) in [5.41, 5.74) is 7.16. The molecule has 1 aliphatic rings. The summed E-state index contributed by atoms with van der Waals surface area (Å²) in [5.74, 6) is -0.110. The van der Waals surface area contributed by atoms with Crippen LogP contribution in [0.15, 0.2) is 30.3 Å². The Morgan fingerprint density at radius 1 is 1.23 bits per heavy atom. The molecule has 1 aromatic heterocycles. The van der Waals surface area contributed by atoms with Crippen LogP contribution in [0.3, 0.4) is 0 Å². The Kier molecular flexibility index (Phi) is 3.74. The Hall–Kier alpha value is -2.14. The molecule has 1 saturated carbocycles. The summed E-state index contributed by atoms with van der Waals surface area (Å²) >= 11 is 1.75. The fraction of sp³-hybridized carbons (Fsp3) is 0.294. The minimum atomic E-state index is -0.480. The first-order valence-electron chi connectivity index (χ1n) is 7.24. The molecule has 0 spiro atoms. The number of nitrogens with one attached hydrogen (secondary N) is 1. The van der Waals surface area contributed by atoms with Crippen molar-refractivity contribution in [1.82, 2.24) is 0 Å². The molecular formula is C17H18N2O2S. The molecule has 1 aromatic carbocycles. The van der Waals surface area contributed by atoms with E-state index in [4.69, 9.17) is 5.73 Å². The molecular weight excluding hydrogens is 296 g/mol. The highest BCUT2D eigenvalue weighted by atomic mass is 32.1. The topological polar surface area (TPSA) is 72.2 Å². The molecule has 2 atom stereocenters. The fourth-order valence-corrected chi connectivity index (χ4v) is 3.77. The van der Waals surface area contributed by atoms with Gasteiger partial charge in [-0.05, 0) is 50.1 Å². The molecule has 2 aromatic rings. The van der Waals surface area contributed by atoms with E-state index in [2.05, 4.69) is 24.4 Å². The van der Waals surface area contributed by atoms with Crippen LogP contribution in [0.1, 0.15) is 38.0 Å². The van der Waals surface area contributed by atoms with Crippen molar-refractivity contribution in [1.29, 1.82) is 0 Å². The number of hydrogen-bond donors (Lipinski definition) is 2. The molecule has 4 nitrogen and oxygen atoms in total. The van der Waals surface area contributed by atoms with Crippen LogP contribution in [0.25, 0.3) is 0 Å². The second-order valence-corrected chi connectivity index (χ2v) is 7.05. The van der Waals surface area contributed by atoms with Gasteiger partial charge >= 0.3 is 0 Å². The van der Waals surface area contributed by atoms with Crippen molar-refractivity contribution in [2.24, 2.45) is 11.7 Å². The lowest BCUT2D eigenvalue weighted by molar-refractivity contribution is -0.117. The first kappa shape index (κ1) is 14.8. The van der Waals surface area contributed by atoms with Gasteiger partial charge in [0.1, 0.15) is 0 Å². The second-order valence-electron chi connectivity index (χ2n) is 5.73. The monoisotopic (exact) mass is 314 g/mol. The zero-order valence-corrected chi connectivity index (χ0v) is 13.4. The van der Waals surface area contributed by atoms with E-state index < -0.39 is 5.91 Å². The van der Waals surface area contributed by atoms with Crippen molar-refractivity contribution < 1.29 is 9.59 Å². The molecule has 0 radical (unpaired) electrons. The summed E-state index contributed by atoms with van der Waals surface area (Å²) in [5, 5.41) is 2.93. The van der Waals surface area contributed by atoms with Gasteiger partial charge in [0.05, 0.1) is 0 Å². The summed E-state index contributed by atoms with van der Waals surface area (Å²) in [7, 11) is 0. The van der Waals surface area contributed by atoms with E-state index in [0.29, 0.717) is 22.7 Å². The van der Waals surface area contributed by atoms with Crippen LogP contribution in [-0.2, 0) is 4.79 Å². The molecule has 5 heteroatoms. The highest BCUT2D eigenvalue weighted by Crippen LogP contribution is 2.50. The van der Waals surface area contributed by atoms with E-state index in [0.717, 1.165) is 6.42 Å². The predicted molar refractivity (Wildman–Crippen MR) is 88.2 cm³/mol. The van der Waals surface area contributed by atoms with Crippen LogP contribution < -0.4 is 11.1 Å². The van der Waals surface area contributed by atoms with Crippen LogP contribution >= 0.6 is 11.3 Å².